The highest BCUT2D eigenvalue weighted by Gasteiger charge is 2.38. The number of aryl methyl sites for hydroxylation is 2. The first-order valence-electron chi connectivity index (χ1n) is 16.2. The Morgan fingerprint density at radius 2 is 1.61 bits per heavy atom. The number of carbonyl (C=O) groups excluding carboxylic acids is 3. The molecule has 3 aromatic carbocycles. The highest BCUT2D eigenvalue weighted by Crippen LogP contribution is 2.28. The Kier molecular flexibility index (Phi) is 12.3. The zero-order chi connectivity index (χ0) is 33.2. The maximum atomic E-state index is 13.9. The van der Waals surface area contributed by atoms with Gasteiger partial charge in [-0.05, 0) is 61.3 Å². The van der Waals surface area contributed by atoms with Gasteiger partial charge in [-0.15, -0.1) is 0 Å². The van der Waals surface area contributed by atoms with Crippen molar-refractivity contribution in [1.82, 2.24) is 15.5 Å². The number of ether oxygens (including phenoxy) is 1. The van der Waals surface area contributed by atoms with E-state index < -0.39 is 30.1 Å². The van der Waals surface area contributed by atoms with Crippen molar-refractivity contribution in [2.75, 3.05) is 19.7 Å². The topological polar surface area (TPSA) is 134 Å². The summed E-state index contributed by atoms with van der Waals surface area (Å²) >= 11 is 0. The molecular weight excluding hydrogens is 580 g/mol. The standard InChI is InChI=1S/C37H48N4O5/c1-24(2)34(41-20-12-19-39-37(41)45)36(44)40-29(21-27-15-7-5-8-16-27)22-30(42)32(33(38)28-17-9-6-10-18-28)31(43)23-46-35-25(3)13-11-14-26(35)4/h5-11,13-18,24,29-30,32-34,42H,12,19-23,38H2,1-4H3,(H,39,45)(H,40,44)/t29-,30-,32-,33?,34?/m0/s1. The number of amides is 3. The van der Waals surface area contributed by atoms with Crippen molar-refractivity contribution in [3.63, 3.8) is 0 Å². The minimum Gasteiger partial charge on any atom is -0.485 e. The Hall–Kier alpha value is -4.21. The largest absolute Gasteiger partial charge is 0.485 e. The molecule has 0 bridgehead atoms. The number of nitrogens with two attached hydrogens (primary N) is 1. The quantitative estimate of drug-likeness (QED) is 0.196. The Balaban J connectivity index is 1.60. The maximum Gasteiger partial charge on any atom is 0.318 e. The van der Waals surface area contributed by atoms with Crippen molar-refractivity contribution in [2.45, 2.75) is 71.2 Å². The lowest BCUT2D eigenvalue weighted by atomic mass is 9.82. The van der Waals surface area contributed by atoms with E-state index in [9.17, 15) is 19.5 Å². The zero-order valence-electron chi connectivity index (χ0n) is 27.3. The number of nitrogens with one attached hydrogen (secondary N) is 2. The normalized spacial score (nSPS) is 16.6. The summed E-state index contributed by atoms with van der Waals surface area (Å²) in [5.41, 5.74) is 10.2. The van der Waals surface area contributed by atoms with Crippen LogP contribution in [0.15, 0.2) is 78.9 Å². The Morgan fingerprint density at radius 3 is 2.22 bits per heavy atom. The van der Waals surface area contributed by atoms with Crippen LogP contribution in [0.25, 0.3) is 0 Å². The van der Waals surface area contributed by atoms with E-state index in [1.54, 1.807) is 4.90 Å². The summed E-state index contributed by atoms with van der Waals surface area (Å²) in [5, 5.41) is 17.8. The van der Waals surface area contributed by atoms with Gasteiger partial charge in [0.05, 0.1) is 12.0 Å². The number of aliphatic hydroxyl groups excluding tert-OH is 1. The molecule has 1 aliphatic rings. The molecular formula is C37H48N4O5. The van der Waals surface area contributed by atoms with Gasteiger partial charge in [-0.25, -0.2) is 4.79 Å². The number of benzene rings is 3. The molecule has 0 saturated carbocycles. The first kappa shape index (κ1) is 34.7. The summed E-state index contributed by atoms with van der Waals surface area (Å²) < 4.78 is 6.02. The highest BCUT2D eigenvalue weighted by molar-refractivity contribution is 5.88. The fraction of sp³-hybridized carbons (Fsp3) is 0.432. The second-order valence-corrected chi connectivity index (χ2v) is 12.6. The predicted octanol–water partition coefficient (Wildman–Crippen LogP) is 4.49. The monoisotopic (exact) mass is 628 g/mol. The van der Waals surface area contributed by atoms with E-state index in [-0.39, 0.29) is 36.7 Å². The summed E-state index contributed by atoms with van der Waals surface area (Å²) in [7, 11) is 0. The average Bonchev–Trinajstić information content (AvgIpc) is 3.02. The lowest BCUT2D eigenvalue weighted by molar-refractivity contribution is -0.130. The average molecular weight is 629 g/mol. The van der Waals surface area contributed by atoms with Crippen molar-refractivity contribution < 1.29 is 24.2 Å². The Labute approximate surface area is 272 Å². The molecule has 1 fully saturated rings. The van der Waals surface area contributed by atoms with Gasteiger partial charge in [0.1, 0.15) is 18.4 Å². The molecule has 0 spiro atoms. The van der Waals surface area contributed by atoms with E-state index in [2.05, 4.69) is 10.6 Å². The molecule has 2 unspecified atom stereocenters. The van der Waals surface area contributed by atoms with Crippen LogP contribution in [0.2, 0.25) is 0 Å². The van der Waals surface area contributed by atoms with E-state index in [4.69, 9.17) is 10.5 Å². The molecule has 246 valence electrons. The first-order chi connectivity index (χ1) is 22.1. The maximum absolute atomic E-state index is 13.9. The number of urea groups is 1. The van der Waals surface area contributed by atoms with Crippen LogP contribution < -0.4 is 21.1 Å². The molecule has 9 nitrogen and oxygen atoms in total. The molecule has 5 atom stereocenters. The number of carbonyl (C=O) groups is 3. The molecule has 9 heteroatoms. The van der Waals surface area contributed by atoms with E-state index >= 15 is 0 Å². The van der Waals surface area contributed by atoms with Gasteiger partial charge in [0, 0.05) is 25.2 Å². The smallest absolute Gasteiger partial charge is 0.318 e. The molecule has 1 saturated heterocycles. The van der Waals surface area contributed by atoms with Crippen LogP contribution in [-0.2, 0) is 16.0 Å². The van der Waals surface area contributed by atoms with E-state index in [1.165, 1.54) is 0 Å². The van der Waals surface area contributed by atoms with Gasteiger partial charge in [0.2, 0.25) is 5.91 Å². The second-order valence-electron chi connectivity index (χ2n) is 12.6. The van der Waals surface area contributed by atoms with Gasteiger partial charge in [0.15, 0.2) is 5.78 Å². The molecule has 3 amide bonds. The first-order valence-corrected chi connectivity index (χ1v) is 16.2. The van der Waals surface area contributed by atoms with Crippen LogP contribution in [0.5, 0.6) is 5.75 Å². The van der Waals surface area contributed by atoms with Gasteiger partial charge in [0.25, 0.3) is 0 Å². The van der Waals surface area contributed by atoms with Gasteiger partial charge in [-0.2, -0.15) is 0 Å². The number of ketones is 1. The molecule has 3 aromatic rings. The van der Waals surface area contributed by atoms with Gasteiger partial charge in [-0.3, -0.25) is 9.59 Å². The van der Waals surface area contributed by atoms with Crippen LogP contribution in [0, 0.1) is 25.7 Å². The molecule has 0 radical (unpaired) electrons. The van der Waals surface area contributed by atoms with Crippen molar-refractivity contribution in [2.24, 2.45) is 17.6 Å². The van der Waals surface area contributed by atoms with Crippen molar-refractivity contribution in [3.8, 4) is 5.75 Å². The number of nitrogens with zero attached hydrogens (tertiary/aromatic N) is 1. The molecule has 1 heterocycles. The number of aliphatic hydroxyl groups is 1. The molecule has 0 aliphatic carbocycles. The van der Waals surface area contributed by atoms with Crippen LogP contribution in [0.4, 0.5) is 4.79 Å². The molecule has 4 rings (SSSR count). The third kappa shape index (κ3) is 8.95. The predicted molar refractivity (Wildman–Crippen MR) is 179 cm³/mol. The van der Waals surface area contributed by atoms with Crippen LogP contribution in [0.1, 0.15) is 55.0 Å². The van der Waals surface area contributed by atoms with Crippen LogP contribution in [0.3, 0.4) is 0 Å². The van der Waals surface area contributed by atoms with Crippen molar-refractivity contribution in [1.29, 1.82) is 0 Å². The Morgan fingerprint density at radius 1 is 0.978 bits per heavy atom. The number of para-hydroxylation sites is 1. The molecule has 46 heavy (non-hydrogen) atoms. The third-order valence-corrected chi connectivity index (χ3v) is 8.67. The van der Waals surface area contributed by atoms with Gasteiger partial charge >= 0.3 is 6.03 Å². The van der Waals surface area contributed by atoms with E-state index in [1.807, 2.05) is 107 Å². The zero-order valence-corrected chi connectivity index (χ0v) is 27.3. The molecule has 5 N–H and O–H groups in total. The summed E-state index contributed by atoms with van der Waals surface area (Å²) in [6.45, 7) is 8.47. The Bertz CT molecular complexity index is 1430. The van der Waals surface area contributed by atoms with Crippen LogP contribution in [-0.4, -0.2) is 65.6 Å². The number of Topliss-reactive ketones (excluding diaryl/α,β-unsaturated/α-hetero) is 1. The SMILES string of the molecule is Cc1cccc(C)c1OCC(=O)[C@@H](C(N)c1ccccc1)[C@@H](O)C[C@H](Cc1ccccc1)NC(=O)C(C(C)C)N1CCCNC1=O. The third-order valence-electron chi connectivity index (χ3n) is 8.67. The minimum atomic E-state index is -1.20. The summed E-state index contributed by atoms with van der Waals surface area (Å²) in [6, 6.07) is 22.4. The lowest BCUT2D eigenvalue weighted by Gasteiger charge is -2.37. The van der Waals surface area contributed by atoms with E-state index in [0.717, 1.165) is 23.1 Å². The fourth-order valence-electron chi connectivity index (χ4n) is 6.34. The lowest BCUT2D eigenvalue weighted by Crippen LogP contribution is -2.59. The van der Waals surface area contributed by atoms with Crippen molar-refractivity contribution in [3.05, 3.63) is 101 Å². The van der Waals surface area contributed by atoms with Gasteiger partial charge < -0.3 is 31.1 Å². The summed E-state index contributed by atoms with van der Waals surface area (Å²) in [6.07, 6.45) is 0.0349. The summed E-state index contributed by atoms with van der Waals surface area (Å²) in [4.78, 5) is 42.1. The minimum absolute atomic E-state index is 0.0674. The van der Waals surface area contributed by atoms with Crippen molar-refractivity contribution >= 4 is 17.7 Å². The van der Waals surface area contributed by atoms with Gasteiger partial charge in [-0.1, -0.05) is 92.7 Å². The number of rotatable bonds is 15. The number of hydrogen-bond donors (Lipinski definition) is 4. The highest BCUT2D eigenvalue weighted by atomic mass is 16.5. The molecule has 0 aromatic heterocycles. The van der Waals surface area contributed by atoms with Crippen LogP contribution >= 0.6 is 0 Å². The van der Waals surface area contributed by atoms with E-state index in [0.29, 0.717) is 30.8 Å². The second kappa shape index (κ2) is 16.4. The fourth-order valence-corrected chi connectivity index (χ4v) is 6.34. The number of hydrogen-bond acceptors (Lipinski definition) is 6. The summed E-state index contributed by atoms with van der Waals surface area (Å²) in [5.74, 6) is -1.15. The molecule has 1 aliphatic heterocycles.